The van der Waals surface area contributed by atoms with Crippen molar-refractivity contribution in [2.45, 2.75) is 379 Å². The summed E-state index contributed by atoms with van der Waals surface area (Å²) in [6, 6.07) is -0.539. The molecule has 0 bridgehead atoms. The van der Waals surface area contributed by atoms with Crippen LogP contribution in [0.25, 0.3) is 0 Å². The summed E-state index contributed by atoms with van der Waals surface area (Å²) < 4.78 is 5.46. The molecule has 0 spiro atoms. The number of esters is 1. The smallest absolute Gasteiger partial charge is 0.305 e. The van der Waals surface area contributed by atoms with Crippen LogP contribution in [0, 0.1) is 0 Å². The lowest BCUT2D eigenvalue weighted by molar-refractivity contribution is -0.143. The van der Waals surface area contributed by atoms with Crippen molar-refractivity contribution in [3.05, 3.63) is 24.3 Å². The van der Waals surface area contributed by atoms with Gasteiger partial charge in [0.25, 0.3) is 0 Å². The third kappa shape index (κ3) is 59.4. The van der Waals surface area contributed by atoms with Crippen LogP contribution in [0.15, 0.2) is 24.3 Å². The Hall–Kier alpha value is -1.66. The van der Waals surface area contributed by atoms with E-state index in [0.717, 1.165) is 44.9 Å². The number of nitrogens with one attached hydrogen (secondary N) is 1. The number of aliphatic hydroxyl groups is 2. The van der Waals surface area contributed by atoms with Gasteiger partial charge in [-0.25, -0.2) is 0 Å². The molecule has 0 aromatic rings. The van der Waals surface area contributed by atoms with Crippen LogP contribution in [0.4, 0.5) is 0 Å². The Bertz CT molecular complexity index is 1140. The summed E-state index contributed by atoms with van der Waals surface area (Å²) in [5.41, 5.74) is 0. The van der Waals surface area contributed by atoms with Gasteiger partial charge >= 0.3 is 5.97 Å². The number of rotatable bonds is 62. The van der Waals surface area contributed by atoms with E-state index in [1.54, 1.807) is 0 Å². The van der Waals surface area contributed by atoms with E-state index in [0.29, 0.717) is 25.9 Å². The van der Waals surface area contributed by atoms with Crippen molar-refractivity contribution in [1.82, 2.24) is 5.32 Å². The third-order valence-corrected chi connectivity index (χ3v) is 15.5. The summed E-state index contributed by atoms with van der Waals surface area (Å²) in [5, 5.41) is 23.3. The molecule has 0 aliphatic carbocycles. The highest BCUT2D eigenvalue weighted by molar-refractivity contribution is 5.76. The molecule has 0 aromatic heterocycles. The molecule has 0 fully saturated rings. The summed E-state index contributed by atoms with van der Waals surface area (Å²) in [5.74, 6) is -0.0239. The highest BCUT2D eigenvalue weighted by atomic mass is 16.5. The highest BCUT2D eigenvalue weighted by Crippen LogP contribution is 2.18. The number of hydrogen-bond donors (Lipinski definition) is 3. The molecule has 0 aliphatic heterocycles. The fraction of sp³-hybridized carbons (Fsp3) is 0.910. The minimum atomic E-state index is -0.662. The highest BCUT2D eigenvalue weighted by Gasteiger charge is 2.20. The first kappa shape index (κ1) is 71.3. The van der Waals surface area contributed by atoms with Gasteiger partial charge in [0.05, 0.1) is 25.4 Å². The van der Waals surface area contributed by atoms with Gasteiger partial charge in [-0.2, -0.15) is 0 Å². The van der Waals surface area contributed by atoms with Gasteiger partial charge in [-0.1, -0.05) is 308 Å². The second-order valence-corrected chi connectivity index (χ2v) is 22.8. The Kier molecular flexibility index (Phi) is 61.4. The van der Waals surface area contributed by atoms with E-state index in [9.17, 15) is 19.8 Å². The first-order chi connectivity index (χ1) is 36.0. The lowest BCUT2D eigenvalue weighted by Crippen LogP contribution is -2.45. The number of ether oxygens (including phenoxy) is 1. The van der Waals surface area contributed by atoms with E-state index < -0.39 is 12.1 Å². The molecule has 0 aromatic carbocycles. The summed E-state index contributed by atoms with van der Waals surface area (Å²) in [6.45, 7) is 4.94. The number of hydrogen-bond acceptors (Lipinski definition) is 5. The van der Waals surface area contributed by atoms with E-state index in [1.165, 1.54) is 289 Å². The lowest BCUT2D eigenvalue weighted by Gasteiger charge is -2.22. The number of carbonyl (C=O) groups is 2. The Labute approximate surface area is 456 Å². The van der Waals surface area contributed by atoms with Crippen molar-refractivity contribution >= 4 is 11.9 Å². The number of unbranched alkanes of at least 4 members (excludes halogenated alkanes) is 47. The fourth-order valence-electron chi connectivity index (χ4n) is 10.4. The average Bonchev–Trinajstić information content (AvgIpc) is 3.39. The van der Waals surface area contributed by atoms with Crippen molar-refractivity contribution in [3.8, 4) is 0 Å². The molecule has 2 unspecified atom stereocenters. The summed E-state index contributed by atoms with van der Waals surface area (Å²) in [4.78, 5) is 24.5. The van der Waals surface area contributed by atoms with Gasteiger partial charge in [0.1, 0.15) is 0 Å². The summed E-state index contributed by atoms with van der Waals surface area (Å²) >= 11 is 0. The average molecular weight is 1030 g/mol. The topological polar surface area (TPSA) is 95.9 Å². The number of carbonyl (C=O) groups excluding carboxylic acids is 2. The van der Waals surface area contributed by atoms with E-state index in [1.807, 2.05) is 0 Å². The van der Waals surface area contributed by atoms with Gasteiger partial charge in [-0.3, -0.25) is 9.59 Å². The minimum Gasteiger partial charge on any atom is -0.466 e. The van der Waals surface area contributed by atoms with Gasteiger partial charge in [0.15, 0.2) is 0 Å². The summed E-state index contributed by atoms with van der Waals surface area (Å²) in [6.07, 6.45) is 77.9. The normalized spacial score (nSPS) is 12.7. The van der Waals surface area contributed by atoms with Gasteiger partial charge in [-0.15, -0.1) is 0 Å². The van der Waals surface area contributed by atoms with Crippen LogP contribution in [-0.2, 0) is 14.3 Å². The van der Waals surface area contributed by atoms with Crippen LogP contribution in [0.5, 0.6) is 0 Å². The zero-order valence-electron chi connectivity index (χ0n) is 49.4. The molecule has 3 N–H and O–H groups in total. The van der Waals surface area contributed by atoms with Crippen molar-refractivity contribution < 1.29 is 24.5 Å². The third-order valence-electron chi connectivity index (χ3n) is 15.5. The maximum atomic E-state index is 12.5. The first-order valence-electron chi connectivity index (χ1n) is 33.1. The molecular weight excluding hydrogens is 899 g/mol. The zero-order valence-corrected chi connectivity index (χ0v) is 49.4. The Balaban J connectivity index is 3.35. The molecule has 1 amide bonds. The van der Waals surface area contributed by atoms with Gasteiger partial charge in [0, 0.05) is 12.8 Å². The molecule has 0 aliphatic rings. The van der Waals surface area contributed by atoms with Crippen molar-refractivity contribution in [2.75, 3.05) is 13.2 Å². The molecule has 0 saturated carbocycles. The van der Waals surface area contributed by atoms with Crippen LogP contribution in [0.2, 0.25) is 0 Å². The SMILES string of the molecule is CCCC/C=C\CCCCCCCC(=O)OCCCCCCCCCCCCCC/C=C\CCCCCCCCCCCCCCCCCC(=O)NC(CO)C(O)CCCCCCCCCCCCCCCC. The molecule has 0 heterocycles. The van der Waals surface area contributed by atoms with E-state index in [2.05, 4.69) is 43.5 Å². The lowest BCUT2D eigenvalue weighted by atomic mass is 10.0. The van der Waals surface area contributed by atoms with Gasteiger partial charge in [-0.05, 0) is 70.6 Å². The van der Waals surface area contributed by atoms with Crippen molar-refractivity contribution in [2.24, 2.45) is 0 Å². The van der Waals surface area contributed by atoms with Crippen molar-refractivity contribution in [3.63, 3.8) is 0 Å². The standard InChI is InChI=1S/C67H129NO5/c1-3-5-7-9-11-13-15-16-36-40-43-47-51-55-59-65(70)64(63-69)68-66(71)60-56-52-48-44-41-37-34-32-30-28-26-24-22-20-18-17-19-21-23-25-27-29-31-33-35-38-42-46-50-54-58-62-73-67(72)61-57-53-49-45-39-14-12-10-8-6-4-2/h10,12,19,21,64-65,69-70H,3-9,11,13-18,20,22-63H2,1-2H3,(H,68,71)/b12-10-,21-19-. The second kappa shape index (κ2) is 62.9. The zero-order chi connectivity index (χ0) is 52.9. The number of amides is 1. The molecule has 0 rings (SSSR count). The minimum absolute atomic E-state index is 0.00682. The van der Waals surface area contributed by atoms with Gasteiger partial charge in [0.2, 0.25) is 5.91 Å². The van der Waals surface area contributed by atoms with Gasteiger partial charge < -0.3 is 20.3 Å². The monoisotopic (exact) mass is 1030 g/mol. The fourth-order valence-corrected chi connectivity index (χ4v) is 10.4. The quantitative estimate of drug-likeness (QED) is 0.0320. The molecule has 0 saturated heterocycles. The molecule has 0 radical (unpaired) electrons. The van der Waals surface area contributed by atoms with Crippen LogP contribution >= 0.6 is 0 Å². The Morgan fingerprint density at radius 3 is 1.01 bits per heavy atom. The second-order valence-electron chi connectivity index (χ2n) is 22.8. The van der Waals surface area contributed by atoms with E-state index in [-0.39, 0.29) is 18.5 Å². The molecule has 73 heavy (non-hydrogen) atoms. The maximum absolute atomic E-state index is 12.5. The Morgan fingerprint density at radius 1 is 0.370 bits per heavy atom. The number of allylic oxidation sites excluding steroid dienone is 4. The molecule has 432 valence electrons. The number of aliphatic hydroxyl groups excluding tert-OH is 2. The summed E-state index contributed by atoms with van der Waals surface area (Å²) in [7, 11) is 0. The van der Waals surface area contributed by atoms with Crippen LogP contribution < -0.4 is 5.32 Å². The molecular formula is C67H129NO5. The van der Waals surface area contributed by atoms with E-state index in [4.69, 9.17) is 4.74 Å². The van der Waals surface area contributed by atoms with Crippen LogP contribution in [-0.4, -0.2) is 47.4 Å². The molecule has 6 heteroatoms. The van der Waals surface area contributed by atoms with Crippen molar-refractivity contribution in [1.29, 1.82) is 0 Å². The maximum Gasteiger partial charge on any atom is 0.305 e. The predicted molar refractivity (Wildman–Crippen MR) is 320 cm³/mol. The largest absolute Gasteiger partial charge is 0.466 e. The first-order valence-corrected chi connectivity index (χ1v) is 33.1. The Morgan fingerprint density at radius 2 is 0.658 bits per heavy atom. The molecule has 6 nitrogen and oxygen atoms in total. The van der Waals surface area contributed by atoms with Crippen LogP contribution in [0.3, 0.4) is 0 Å². The van der Waals surface area contributed by atoms with Crippen LogP contribution in [0.1, 0.15) is 367 Å². The van der Waals surface area contributed by atoms with E-state index >= 15 is 0 Å². The predicted octanol–water partition coefficient (Wildman–Crippen LogP) is 21.0. The molecule has 2 atom stereocenters.